The van der Waals surface area contributed by atoms with E-state index in [0.717, 1.165) is 0 Å². The van der Waals surface area contributed by atoms with E-state index in [1.165, 1.54) is 0 Å². The lowest BCUT2D eigenvalue weighted by molar-refractivity contribution is 0.604. The van der Waals surface area contributed by atoms with Crippen LogP contribution in [0.5, 0.6) is 0 Å². The standard InChI is InChI=1S/C9H9NO2S/c1-2-8-13(11,12)10-9-6-4-3-5-7-9/h1,3-7,10H,8H2. The Kier molecular flexibility index (Phi) is 2.93. The first-order chi connectivity index (χ1) is 6.14. The predicted octanol–water partition coefficient (Wildman–Crippen LogP) is 1.06. The molecule has 0 atom stereocenters. The first-order valence-electron chi connectivity index (χ1n) is 3.63. The highest BCUT2D eigenvalue weighted by Crippen LogP contribution is 2.07. The first-order valence-corrected chi connectivity index (χ1v) is 5.28. The maximum atomic E-state index is 11.1. The van der Waals surface area contributed by atoms with Crippen LogP contribution in [0, 0.1) is 12.3 Å². The number of nitrogens with one attached hydrogen (secondary N) is 1. The Balaban J connectivity index is 2.77. The van der Waals surface area contributed by atoms with E-state index in [1.807, 2.05) is 0 Å². The van der Waals surface area contributed by atoms with Crippen molar-refractivity contribution in [2.75, 3.05) is 10.5 Å². The van der Waals surface area contributed by atoms with Crippen molar-refractivity contribution in [3.8, 4) is 12.3 Å². The molecule has 1 aromatic carbocycles. The molecule has 0 aromatic heterocycles. The molecule has 0 aliphatic heterocycles. The van der Waals surface area contributed by atoms with Crippen LogP contribution in [0.4, 0.5) is 5.69 Å². The lowest BCUT2D eigenvalue weighted by Gasteiger charge is -2.03. The van der Waals surface area contributed by atoms with Gasteiger partial charge in [-0.1, -0.05) is 24.1 Å². The fraction of sp³-hybridized carbons (Fsp3) is 0.111. The van der Waals surface area contributed by atoms with Gasteiger partial charge in [-0.3, -0.25) is 4.72 Å². The van der Waals surface area contributed by atoms with Crippen molar-refractivity contribution in [1.29, 1.82) is 0 Å². The number of terminal acetylenes is 1. The lowest BCUT2D eigenvalue weighted by Crippen LogP contribution is -2.15. The van der Waals surface area contributed by atoms with Crippen LogP contribution < -0.4 is 4.72 Å². The van der Waals surface area contributed by atoms with Gasteiger partial charge in [-0.05, 0) is 12.1 Å². The Morgan fingerprint density at radius 3 is 2.46 bits per heavy atom. The van der Waals surface area contributed by atoms with Crippen molar-refractivity contribution >= 4 is 15.7 Å². The van der Waals surface area contributed by atoms with E-state index in [-0.39, 0.29) is 5.75 Å². The maximum absolute atomic E-state index is 11.1. The topological polar surface area (TPSA) is 46.2 Å². The minimum absolute atomic E-state index is 0.304. The summed E-state index contributed by atoms with van der Waals surface area (Å²) in [5.74, 6) is 1.77. The van der Waals surface area contributed by atoms with Crippen LogP contribution in [0.25, 0.3) is 0 Å². The SMILES string of the molecule is C#CCS(=O)(=O)Nc1ccccc1. The molecule has 0 unspecified atom stereocenters. The minimum Gasteiger partial charge on any atom is -0.283 e. The number of rotatable bonds is 3. The smallest absolute Gasteiger partial charge is 0.244 e. The van der Waals surface area contributed by atoms with E-state index in [1.54, 1.807) is 30.3 Å². The molecule has 4 heteroatoms. The summed E-state index contributed by atoms with van der Waals surface area (Å²) >= 11 is 0. The van der Waals surface area contributed by atoms with Crippen LogP contribution in [0.15, 0.2) is 30.3 Å². The molecule has 0 fully saturated rings. The van der Waals surface area contributed by atoms with E-state index < -0.39 is 10.0 Å². The Morgan fingerprint density at radius 2 is 1.92 bits per heavy atom. The molecule has 13 heavy (non-hydrogen) atoms. The summed E-state index contributed by atoms with van der Waals surface area (Å²) in [6.07, 6.45) is 4.90. The van der Waals surface area contributed by atoms with E-state index in [0.29, 0.717) is 5.69 Å². The van der Waals surface area contributed by atoms with E-state index in [4.69, 9.17) is 6.42 Å². The van der Waals surface area contributed by atoms with E-state index in [2.05, 4.69) is 10.6 Å². The summed E-state index contributed by atoms with van der Waals surface area (Å²) in [4.78, 5) is 0. The maximum Gasteiger partial charge on any atom is 0.244 e. The molecular formula is C9H9NO2S. The zero-order valence-electron chi connectivity index (χ0n) is 6.90. The average molecular weight is 195 g/mol. The molecule has 0 amide bonds. The van der Waals surface area contributed by atoms with Crippen LogP contribution >= 0.6 is 0 Å². The van der Waals surface area contributed by atoms with Crippen LogP contribution in [0.2, 0.25) is 0 Å². The van der Waals surface area contributed by atoms with Crippen molar-refractivity contribution in [1.82, 2.24) is 0 Å². The Morgan fingerprint density at radius 1 is 1.31 bits per heavy atom. The Bertz CT molecular complexity index is 403. The van der Waals surface area contributed by atoms with Crippen molar-refractivity contribution in [2.45, 2.75) is 0 Å². The van der Waals surface area contributed by atoms with Crippen molar-refractivity contribution in [3.05, 3.63) is 30.3 Å². The van der Waals surface area contributed by atoms with Gasteiger partial charge in [-0.15, -0.1) is 6.42 Å². The Hall–Kier alpha value is -1.47. The van der Waals surface area contributed by atoms with Crippen molar-refractivity contribution in [2.24, 2.45) is 0 Å². The zero-order valence-corrected chi connectivity index (χ0v) is 7.71. The first kappa shape index (κ1) is 9.62. The number of sulfonamides is 1. The summed E-state index contributed by atoms with van der Waals surface area (Å²) < 4.78 is 24.6. The van der Waals surface area contributed by atoms with Gasteiger partial charge in [0.15, 0.2) is 0 Å². The zero-order chi connectivity index (χ0) is 9.73. The van der Waals surface area contributed by atoms with Gasteiger partial charge in [-0.2, -0.15) is 0 Å². The molecule has 0 aliphatic rings. The summed E-state index contributed by atoms with van der Waals surface area (Å²) in [6.45, 7) is 0. The second-order valence-electron chi connectivity index (χ2n) is 2.43. The molecule has 0 heterocycles. The van der Waals surface area contributed by atoms with Gasteiger partial charge < -0.3 is 0 Å². The van der Waals surface area contributed by atoms with Crippen molar-refractivity contribution < 1.29 is 8.42 Å². The number of para-hydroxylation sites is 1. The number of hydrogen-bond acceptors (Lipinski definition) is 2. The molecule has 1 rings (SSSR count). The molecular weight excluding hydrogens is 186 g/mol. The van der Waals surface area contributed by atoms with E-state index >= 15 is 0 Å². The highest BCUT2D eigenvalue weighted by atomic mass is 32.2. The van der Waals surface area contributed by atoms with Gasteiger partial charge in [0.05, 0.1) is 0 Å². The molecule has 0 spiro atoms. The summed E-state index contributed by atoms with van der Waals surface area (Å²) in [5.41, 5.74) is 0.526. The number of anilines is 1. The molecule has 3 nitrogen and oxygen atoms in total. The minimum atomic E-state index is -3.37. The third-order valence-electron chi connectivity index (χ3n) is 1.32. The summed E-state index contributed by atoms with van der Waals surface area (Å²) in [7, 11) is -3.37. The van der Waals surface area contributed by atoms with Gasteiger partial charge in [0.2, 0.25) is 10.0 Å². The van der Waals surface area contributed by atoms with Crippen LogP contribution in [0.1, 0.15) is 0 Å². The average Bonchev–Trinajstić information content (AvgIpc) is 2.04. The van der Waals surface area contributed by atoms with Gasteiger partial charge in [0.25, 0.3) is 0 Å². The number of hydrogen-bond donors (Lipinski definition) is 1. The highest BCUT2D eigenvalue weighted by molar-refractivity contribution is 7.92. The Labute approximate surface area is 77.8 Å². The molecule has 0 saturated heterocycles. The molecule has 68 valence electrons. The third-order valence-corrected chi connectivity index (χ3v) is 2.41. The molecule has 0 radical (unpaired) electrons. The number of benzene rings is 1. The van der Waals surface area contributed by atoms with Gasteiger partial charge >= 0.3 is 0 Å². The normalized spacial score (nSPS) is 10.4. The highest BCUT2D eigenvalue weighted by Gasteiger charge is 2.06. The summed E-state index contributed by atoms with van der Waals surface area (Å²) in [5, 5.41) is 0. The molecule has 1 aromatic rings. The molecule has 0 aliphatic carbocycles. The van der Waals surface area contributed by atoms with Crippen LogP contribution in [-0.2, 0) is 10.0 Å². The van der Waals surface area contributed by atoms with Crippen LogP contribution in [0.3, 0.4) is 0 Å². The monoisotopic (exact) mass is 195 g/mol. The van der Waals surface area contributed by atoms with Gasteiger partial charge in [0, 0.05) is 5.69 Å². The lowest BCUT2D eigenvalue weighted by atomic mass is 10.3. The third kappa shape index (κ3) is 3.18. The van der Waals surface area contributed by atoms with Gasteiger partial charge in [0.1, 0.15) is 5.75 Å². The van der Waals surface area contributed by atoms with Crippen LogP contribution in [-0.4, -0.2) is 14.2 Å². The van der Waals surface area contributed by atoms with Crippen molar-refractivity contribution in [3.63, 3.8) is 0 Å². The quantitative estimate of drug-likeness (QED) is 0.733. The fourth-order valence-corrected chi connectivity index (χ4v) is 1.62. The molecule has 1 N–H and O–H groups in total. The summed E-state index contributed by atoms with van der Waals surface area (Å²) in [6, 6.07) is 8.61. The predicted molar refractivity (Wildman–Crippen MR) is 52.7 cm³/mol. The van der Waals surface area contributed by atoms with Gasteiger partial charge in [-0.25, -0.2) is 8.42 Å². The van der Waals surface area contributed by atoms with E-state index in [9.17, 15) is 8.42 Å². The molecule has 0 saturated carbocycles. The molecule has 0 bridgehead atoms. The fourth-order valence-electron chi connectivity index (χ4n) is 0.832. The second-order valence-corrected chi connectivity index (χ2v) is 4.15. The second kappa shape index (κ2) is 3.97. The largest absolute Gasteiger partial charge is 0.283 e.